The summed E-state index contributed by atoms with van der Waals surface area (Å²) in [5.74, 6) is 0.757. The second-order valence-electron chi connectivity index (χ2n) is 6.35. The Morgan fingerprint density at radius 3 is 2.57 bits per heavy atom. The van der Waals surface area contributed by atoms with Gasteiger partial charge in [0.25, 0.3) is 5.91 Å². The number of nitrogens with one attached hydrogen (secondary N) is 1. The van der Waals surface area contributed by atoms with E-state index in [1.54, 1.807) is 12.3 Å². The van der Waals surface area contributed by atoms with E-state index in [2.05, 4.69) is 30.2 Å². The molecule has 1 fully saturated rings. The Morgan fingerprint density at radius 1 is 1.17 bits per heavy atom. The highest BCUT2D eigenvalue weighted by Crippen LogP contribution is 2.21. The van der Waals surface area contributed by atoms with Gasteiger partial charge in [-0.1, -0.05) is 25.1 Å². The number of piperidine rings is 1. The zero-order chi connectivity index (χ0) is 16.2. The number of para-hydroxylation sites is 1. The number of rotatable bonds is 3. The van der Waals surface area contributed by atoms with E-state index in [-0.39, 0.29) is 5.91 Å². The highest BCUT2D eigenvalue weighted by molar-refractivity contribution is 5.92. The SMILES string of the molecule is Cc1ccccc1Nc1ccc(C(=O)N2CCC(C)CC2)nc1. The lowest BCUT2D eigenvalue weighted by Gasteiger charge is -2.30. The minimum absolute atomic E-state index is 0.0411. The topological polar surface area (TPSA) is 45.2 Å². The summed E-state index contributed by atoms with van der Waals surface area (Å²) < 4.78 is 0. The summed E-state index contributed by atoms with van der Waals surface area (Å²) in [7, 11) is 0. The molecule has 1 aromatic carbocycles. The van der Waals surface area contributed by atoms with Crippen LogP contribution in [0, 0.1) is 12.8 Å². The third-order valence-electron chi connectivity index (χ3n) is 4.48. The lowest BCUT2D eigenvalue weighted by molar-refractivity contribution is 0.0691. The molecule has 4 nitrogen and oxygen atoms in total. The van der Waals surface area contributed by atoms with Crippen LogP contribution in [0.2, 0.25) is 0 Å². The van der Waals surface area contributed by atoms with Crippen molar-refractivity contribution in [3.63, 3.8) is 0 Å². The van der Waals surface area contributed by atoms with Gasteiger partial charge in [-0.2, -0.15) is 0 Å². The molecule has 1 N–H and O–H groups in total. The van der Waals surface area contributed by atoms with Crippen molar-refractivity contribution in [1.82, 2.24) is 9.88 Å². The Morgan fingerprint density at radius 2 is 1.91 bits per heavy atom. The second-order valence-corrected chi connectivity index (χ2v) is 6.35. The van der Waals surface area contributed by atoms with E-state index >= 15 is 0 Å². The zero-order valence-electron chi connectivity index (χ0n) is 13.7. The summed E-state index contributed by atoms with van der Waals surface area (Å²) in [6.07, 6.45) is 3.89. The number of carbonyl (C=O) groups excluding carboxylic acids is 1. The first-order valence-corrected chi connectivity index (χ1v) is 8.21. The first-order chi connectivity index (χ1) is 11.1. The largest absolute Gasteiger partial charge is 0.354 e. The maximum atomic E-state index is 12.5. The number of aromatic nitrogens is 1. The highest BCUT2D eigenvalue weighted by Gasteiger charge is 2.22. The molecule has 23 heavy (non-hydrogen) atoms. The summed E-state index contributed by atoms with van der Waals surface area (Å²) in [5, 5.41) is 3.34. The van der Waals surface area contributed by atoms with Crippen LogP contribution in [0.4, 0.5) is 11.4 Å². The van der Waals surface area contributed by atoms with Gasteiger partial charge >= 0.3 is 0 Å². The van der Waals surface area contributed by atoms with Crippen LogP contribution in [0.25, 0.3) is 0 Å². The van der Waals surface area contributed by atoms with E-state index in [4.69, 9.17) is 0 Å². The number of carbonyl (C=O) groups is 1. The molecule has 1 aliphatic heterocycles. The van der Waals surface area contributed by atoms with Gasteiger partial charge in [-0.05, 0) is 49.4 Å². The van der Waals surface area contributed by atoms with Crippen molar-refractivity contribution in [3.8, 4) is 0 Å². The molecule has 0 spiro atoms. The molecule has 0 unspecified atom stereocenters. The van der Waals surface area contributed by atoms with Gasteiger partial charge in [-0.25, -0.2) is 4.98 Å². The summed E-state index contributed by atoms with van der Waals surface area (Å²) in [6, 6.07) is 11.8. The third-order valence-corrected chi connectivity index (χ3v) is 4.48. The standard InChI is InChI=1S/C19H23N3O/c1-14-9-11-22(12-10-14)19(23)18-8-7-16(13-20-18)21-17-6-4-3-5-15(17)2/h3-8,13-14,21H,9-12H2,1-2H3. The Labute approximate surface area is 137 Å². The van der Waals surface area contributed by atoms with Crippen molar-refractivity contribution in [1.29, 1.82) is 0 Å². The molecule has 0 atom stereocenters. The lowest BCUT2D eigenvalue weighted by atomic mass is 9.99. The van der Waals surface area contributed by atoms with Gasteiger partial charge in [0.1, 0.15) is 5.69 Å². The van der Waals surface area contributed by atoms with E-state index in [0.717, 1.165) is 37.3 Å². The van der Waals surface area contributed by atoms with Gasteiger partial charge in [0.15, 0.2) is 0 Å². The molecular weight excluding hydrogens is 286 g/mol. The minimum Gasteiger partial charge on any atom is -0.354 e. The van der Waals surface area contributed by atoms with Crippen LogP contribution in [0.1, 0.15) is 35.8 Å². The van der Waals surface area contributed by atoms with E-state index in [0.29, 0.717) is 11.6 Å². The maximum Gasteiger partial charge on any atom is 0.272 e. The Bertz CT molecular complexity index is 673. The lowest BCUT2D eigenvalue weighted by Crippen LogP contribution is -2.38. The number of pyridine rings is 1. The number of amides is 1. The number of anilines is 2. The molecule has 1 amide bonds. The van der Waals surface area contributed by atoms with Crippen LogP contribution < -0.4 is 5.32 Å². The summed E-state index contributed by atoms with van der Waals surface area (Å²) in [4.78, 5) is 18.7. The normalized spacial score (nSPS) is 15.5. The van der Waals surface area contributed by atoms with E-state index in [1.807, 2.05) is 29.2 Å². The van der Waals surface area contributed by atoms with Crippen molar-refractivity contribution in [2.75, 3.05) is 18.4 Å². The fraction of sp³-hybridized carbons (Fsp3) is 0.368. The van der Waals surface area contributed by atoms with Crippen LogP contribution in [0.15, 0.2) is 42.6 Å². The second kappa shape index (κ2) is 6.82. The van der Waals surface area contributed by atoms with Crippen LogP contribution in [-0.4, -0.2) is 28.9 Å². The quantitative estimate of drug-likeness (QED) is 0.932. The molecule has 2 aromatic rings. The highest BCUT2D eigenvalue weighted by atomic mass is 16.2. The molecule has 1 aromatic heterocycles. The monoisotopic (exact) mass is 309 g/mol. The van der Waals surface area contributed by atoms with Crippen molar-refractivity contribution in [3.05, 3.63) is 53.9 Å². The smallest absolute Gasteiger partial charge is 0.272 e. The number of aryl methyl sites for hydroxylation is 1. The third kappa shape index (κ3) is 3.70. The summed E-state index contributed by atoms with van der Waals surface area (Å²) in [6.45, 7) is 5.98. The first-order valence-electron chi connectivity index (χ1n) is 8.21. The van der Waals surface area contributed by atoms with Crippen molar-refractivity contribution in [2.45, 2.75) is 26.7 Å². The molecule has 0 aliphatic carbocycles. The fourth-order valence-electron chi connectivity index (χ4n) is 2.84. The van der Waals surface area contributed by atoms with Gasteiger partial charge in [-0.3, -0.25) is 4.79 Å². The van der Waals surface area contributed by atoms with Crippen LogP contribution >= 0.6 is 0 Å². The van der Waals surface area contributed by atoms with Crippen molar-refractivity contribution >= 4 is 17.3 Å². The molecule has 0 saturated carbocycles. The van der Waals surface area contributed by atoms with Crippen LogP contribution in [0.3, 0.4) is 0 Å². The molecule has 4 heteroatoms. The van der Waals surface area contributed by atoms with E-state index in [9.17, 15) is 4.79 Å². The minimum atomic E-state index is 0.0411. The molecule has 1 saturated heterocycles. The number of benzene rings is 1. The van der Waals surface area contributed by atoms with Crippen molar-refractivity contribution < 1.29 is 4.79 Å². The van der Waals surface area contributed by atoms with Gasteiger partial charge in [0.05, 0.1) is 11.9 Å². The Kier molecular flexibility index (Phi) is 4.60. The Hall–Kier alpha value is -2.36. The average Bonchev–Trinajstić information content (AvgIpc) is 2.58. The number of likely N-dealkylation sites (tertiary alicyclic amines) is 1. The molecule has 0 bridgehead atoms. The molecule has 1 aliphatic rings. The zero-order valence-corrected chi connectivity index (χ0v) is 13.7. The number of nitrogens with zero attached hydrogens (tertiary/aromatic N) is 2. The predicted octanol–water partition coefficient (Wildman–Crippen LogP) is 4.01. The molecule has 0 radical (unpaired) electrons. The van der Waals surface area contributed by atoms with Gasteiger partial charge < -0.3 is 10.2 Å². The fourth-order valence-corrected chi connectivity index (χ4v) is 2.84. The van der Waals surface area contributed by atoms with Gasteiger partial charge in [-0.15, -0.1) is 0 Å². The van der Waals surface area contributed by atoms with Crippen LogP contribution in [-0.2, 0) is 0 Å². The summed E-state index contributed by atoms with van der Waals surface area (Å²) in [5.41, 5.74) is 3.64. The first kappa shape index (κ1) is 15.5. The summed E-state index contributed by atoms with van der Waals surface area (Å²) >= 11 is 0. The van der Waals surface area contributed by atoms with E-state index < -0.39 is 0 Å². The Balaban J connectivity index is 1.67. The molecule has 3 rings (SSSR count). The molecular formula is C19H23N3O. The maximum absolute atomic E-state index is 12.5. The van der Waals surface area contributed by atoms with E-state index in [1.165, 1.54) is 5.56 Å². The number of hydrogen-bond donors (Lipinski definition) is 1. The molecule has 2 heterocycles. The predicted molar refractivity (Wildman–Crippen MR) is 93.0 cm³/mol. The number of hydrogen-bond acceptors (Lipinski definition) is 3. The van der Waals surface area contributed by atoms with Gasteiger partial charge in [0.2, 0.25) is 0 Å². The molecule has 120 valence electrons. The van der Waals surface area contributed by atoms with Crippen LogP contribution in [0.5, 0.6) is 0 Å². The average molecular weight is 309 g/mol. The van der Waals surface area contributed by atoms with Gasteiger partial charge in [0, 0.05) is 18.8 Å². The van der Waals surface area contributed by atoms with Crippen molar-refractivity contribution in [2.24, 2.45) is 5.92 Å².